The predicted octanol–water partition coefficient (Wildman–Crippen LogP) is 12.1. The zero-order chi connectivity index (χ0) is 50.5. The number of hydrogen-bond donors (Lipinski definition) is 2. The molecule has 2 fully saturated rings. The normalized spacial score (nSPS) is 17.4. The number of ether oxygens (including phenoxy) is 4. The van der Waals surface area contributed by atoms with Crippen LogP contribution in [0.1, 0.15) is 77.4 Å². The fourth-order valence-electron chi connectivity index (χ4n) is 9.38. The van der Waals surface area contributed by atoms with Crippen LogP contribution in [0.4, 0.5) is 0 Å². The molecular weight excluding hydrogens is 921 g/mol. The van der Waals surface area contributed by atoms with Crippen molar-refractivity contribution in [3.05, 3.63) is 203 Å². The number of carboxylic acid groups (broad SMARTS) is 1. The van der Waals surface area contributed by atoms with Crippen molar-refractivity contribution in [2.45, 2.75) is 83.1 Å². The van der Waals surface area contributed by atoms with Crippen LogP contribution in [-0.4, -0.2) is 64.3 Å². The van der Waals surface area contributed by atoms with Crippen LogP contribution in [-0.2, 0) is 33.7 Å². The van der Waals surface area contributed by atoms with E-state index in [-0.39, 0.29) is 24.1 Å². The number of aryl methyl sites for hydroxylation is 2. The minimum absolute atomic E-state index is 0.00424. The number of hydrogen-bond acceptors (Lipinski definition) is 12. The van der Waals surface area contributed by atoms with Gasteiger partial charge in [0.05, 0.1) is 31.7 Å². The van der Waals surface area contributed by atoms with Crippen molar-refractivity contribution >= 4 is 11.9 Å². The Morgan fingerprint density at radius 1 is 0.603 bits per heavy atom. The number of benzene rings is 6. The Balaban J connectivity index is 0.000000192. The third-order valence-electron chi connectivity index (χ3n) is 13.3. The molecule has 2 aliphatic rings. The molecule has 0 aliphatic carbocycles. The number of methoxy groups -OCH3 is 1. The number of nitrogens with zero attached hydrogens (tertiary/aromatic N) is 3. The van der Waals surface area contributed by atoms with Gasteiger partial charge in [0, 0.05) is 42.6 Å². The monoisotopic (exact) mass is 980 g/mol. The van der Waals surface area contributed by atoms with Gasteiger partial charge >= 0.3 is 11.9 Å². The number of esters is 1. The summed E-state index contributed by atoms with van der Waals surface area (Å²) in [6.07, 6.45) is 4.40. The van der Waals surface area contributed by atoms with Crippen LogP contribution in [0.15, 0.2) is 173 Å². The molecule has 374 valence electrons. The minimum atomic E-state index is -0.787. The lowest BCUT2D eigenvalue weighted by molar-refractivity contribution is -0.143. The zero-order valence-electron chi connectivity index (χ0n) is 41.3. The first-order valence-corrected chi connectivity index (χ1v) is 24.8. The quantitative estimate of drug-likeness (QED) is 0.0783. The van der Waals surface area contributed by atoms with E-state index >= 15 is 0 Å². The third kappa shape index (κ3) is 12.9. The van der Waals surface area contributed by atoms with Crippen LogP contribution in [0, 0.1) is 13.8 Å². The minimum Gasteiger partial charge on any atom is -0.493 e. The lowest BCUT2D eigenvalue weighted by atomic mass is 10.0. The number of nitrogens with one attached hydrogen (secondary N) is 1. The molecule has 0 spiro atoms. The van der Waals surface area contributed by atoms with Gasteiger partial charge in [-0.15, -0.1) is 0 Å². The molecule has 2 N–H and O–H groups in total. The zero-order valence-corrected chi connectivity index (χ0v) is 41.3. The van der Waals surface area contributed by atoms with Crippen molar-refractivity contribution < 1.29 is 42.5 Å². The highest BCUT2D eigenvalue weighted by Gasteiger charge is 2.38. The first-order valence-electron chi connectivity index (χ1n) is 24.8. The van der Waals surface area contributed by atoms with Crippen molar-refractivity contribution in [3.8, 4) is 45.9 Å². The number of para-hydroxylation sites is 1. The largest absolute Gasteiger partial charge is 0.493 e. The van der Waals surface area contributed by atoms with Gasteiger partial charge in [0.1, 0.15) is 46.6 Å². The molecule has 4 atom stereocenters. The van der Waals surface area contributed by atoms with Gasteiger partial charge in [-0.3, -0.25) is 19.8 Å². The molecule has 2 aliphatic heterocycles. The summed E-state index contributed by atoms with van der Waals surface area (Å²) >= 11 is 0. The Morgan fingerprint density at radius 2 is 1.10 bits per heavy atom. The van der Waals surface area contributed by atoms with E-state index in [9.17, 15) is 14.7 Å². The number of aromatic nitrogens is 2. The first-order chi connectivity index (χ1) is 35.7. The van der Waals surface area contributed by atoms with Gasteiger partial charge in [-0.05, 0) is 129 Å². The van der Waals surface area contributed by atoms with Crippen LogP contribution in [0.3, 0.4) is 0 Å². The molecule has 13 heteroatoms. The first kappa shape index (κ1) is 50.0. The Hall–Kier alpha value is -8.00. The lowest BCUT2D eigenvalue weighted by Crippen LogP contribution is -2.36. The lowest BCUT2D eigenvalue weighted by Gasteiger charge is -2.28. The summed E-state index contributed by atoms with van der Waals surface area (Å²) in [5.41, 5.74) is 6.99. The molecule has 2 aromatic heterocycles. The smallest absolute Gasteiger partial charge is 0.322 e. The number of carbonyl (C=O) groups excluding carboxylic acids is 1. The van der Waals surface area contributed by atoms with E-state index < -0.39 is 12.0 Å². The molecule has 73 heavy (non-hydrogen) atoms. The number of aliphatic carboxylic acids is 1. The number of carbonyl (C=O) groups is 2. The number of likely N-dealkylation sites (tertiary alicyclic amines) is 1. The summed E-state index contributed by atoms with van der Waals surface area (Å²) in [6.45, 7) is 5.38. The second-order valence-electron chi connectivity index (χ2n) is 18.2. The maximum atomic E-state index is 12.1. The van der Waals surface area contributed by atoms with Crippen LogP contribution >= 0.6 is 0 Å². The van der Waals surface area contributed by atoms with E-state index in [0.717, 1.165) is 93.0 Å². The number of carboxylic acids is 1. The highest BCUT2D eigenvalue weighted by atomic mass is 16.5. The van der Waals surface area contributed by atoms with Gasteiger partial charge in [0.25, 0.3) is 0 Å². The van der Waals surface area contributed by atoms with Crippen molar-refractivity contribution in [1.29, 1.82) is 0 Å². The molecule has 4 heterocycles. The van der Waals surface area contributed by atoms with E-state index in [2.05, 4.69) is 20.2 Å². The fraction of sp³-hybridized carbons (Fsp3) is 0.267. The molecule has 13 nitrogen and oxygen atoms in total. The molecule has 1 unspecified atom stereocenters. The fourth-order valence-corrected chi connectivity index (χ4v) is 9.38. The molecule has 2 saturated heterocycles. The average Bonchev–Trinajstić information content (AvgIpc) is 4.25. The van der Waals surface area contributed by atoms with Gasteiger partial charge in [0.2, 0.25) is 11.8 Å². The second kappa shape index (κ2) is 23.9. The van der Waals surface area contributed by atoms with E-state index in [1.165, 1.54) is 7.11 Å². The standard InChI is InChI=1S/C36H34N2O5.C24H26N2O4/c1-25-32(37-35(42-25)28-8-4-2-5-9-28)22-23-41-29-18-14-27(15-19-29)33-20-21-34(36(39)40)38(33)24-26-12-16-31(17-13-26)43-30-10-6-3-7-11-30;1-16-20(26-23(30-16)18-6-4-3-5-7-18)14-15-29-19-10-8-17(9-11-19)21-12-13-22(25-21)24(27)28-2/h2-19,33-34H,20-24H2,1H3,(H,39,40);3-11,21-22,25H,12-15H2,1-2H3/t33-,34+;21-,22?/m11/s1. The summed E-state index contributed by atoms with van der Waals surface area (Å²) in [4.78, 5) is 35.2. The Bertz CT molecular complexity index is 3020. The van der Waals surface area contributed by atoms with Gasteiger partial charge in [-0.25, -0.2) is 9.97 Å². The van der Waals surface area contributed by atoms with Gasteiger partial charge in [-0.2, -0.15) is 0 Å². The molecule has 0 saturated carbocycles. The van der Waals surface area contributed by atoms with Crippen LogP contribution < -0.4 is 19.5 Å². The average molecular weight is 981 g/mol. The van der Waals surface area contributed by atoms with Crippen molar-refractivity contribution in [2.24, 2.45) is 0 Å². The molecule has 0 amide bonds. The van der Waals surface area contributed by atoms with Crippen molar-refractivity contribution in [2.75, 3.05) is 20.3 Å². The van der Waals surface area contributed by atoms with E-state index in [4.69, 9.17) is 27.8 Å². The van der Waals surface area contributed by atoms with Gasteiger partial charge in [-0.1, -0.05) is 91.0 Å². The summed E-state index contributed by atoms with van der Waals surface area (Å²) in [6, 6.07) is 52.7. The summed E-state index contributed by atoms with van der Waals surface area (Å²) in [7, 11) is 1.42. The third-order valence-corrected chi connectivity index (χ3v) is 13.3. The molecular formula is C60H60N4O9. The molecule has 0 bridgehead atoms. The van der Waals surface area contributed by atoms with Crippen LogP contribution in [0.25, 0.3) is 22.9 Å². The van der Waals surface area contributed by atoms with Crippen LogP contribution in [0.2, 0.25) is 0 Å². The summed E-state index contributed by atoms with van der Waals surface area (Å²) in [5, 5.41) is 13.3. The number of rotatable bonds is 18. The molecule has 0 radical (unpaired) electrons. The SMILES string of the molecule is COC(=O)C1CC[C@H](c2ccc(OCCc3nc(-c4ccccc4)oc3C)cc2)N1.Cc1oc(-c2ccccc2)nc1CCOc1ccc([C@H]2CC[C@@H](C(=O)O)N2Cc2ccc(Oc3ccccc3)cc2)cc1. The topological polar surface area (TPSA) is 159 Å². The second-order valence-corrected chi connectivity index (χ2v) is 18.2. The summed E-state index contributed by atoms with van der Waals surface area (Å²) in [5.74, 6) is 4.99. The Labute approximate surface area is 425 Å². The van der Waals surface area contributed by atoms with E-state index in [0.29, 0.717) is 50.8 Å². The Morgan fingerprint density at radius 3 is 1.62 bits per heavy atom. The molecule has 8 aromatic rings. The Kier molecular flexibility index (Phi) is 16.4. The highest BCUT2D eigenvalue weighted by molar-refractivity contribution is 5.76. The van der Waals surface area contributed by atoms with Crippen molar-refractivity contribution in [1.82, 2.24) is 20.2 Å². The maximum Gasteiger partial charge on any atom is 0.322 e. The predicted molar refractivity (Wildman–Crippen MR) is 277 cm³/mol. The maximum absolute atomic E-state index is 12.1. The highest BCUT2D eigenvalue weighted by Crippen LogP contribution is 2.39. The van der Waals surface area contributed by atoms with Crippen molar-refractivity contribution in [3.63, 3.8) is 0 Å². The van der Waals surface area contributed by atoms with Gasteiger partial charge < -0.3 is 32.9 Å². The molecule has 6 aromatic carbocycles. The number of oxazole rings is 2. The van der Waals surface area contributed by atoms with E-state index in [1.807, 2.05) is 178 Å². The molecule has 10 rings (SSSR count). The van der Waals surface area contributed by atoms with Gasteiger partial charge in [0.15, 0.2) is 0 Å². The van der Waals surface area contributed by atoms with E-state index in [1.54, 1.807) is 0 Å². The van der Waals surface area contributed by atoms with Crippen LogP contribution in [0.5, 0.6) is 23.0 Å². The summed E-state index contributed by atoms with van der Waals surface area (Å²) < 4.78 is 34.3.